The molecule has 1 amide bonds. The molecule has 0 radical (unpaired) electrons. The van der Waals surface area contributed by atoms with E-state index in [0.717, 1.165) is 6.20 Å². The number of aromatic carboxylic acids is 1. The van der Waals surface area contributed by atoms with Gasteiger partial charge in [0.2, 0.25) is 0 Å². The van der Waals surface area contributed by atoms with Crippen molar-refractivity contribution in [3.63, 3.8) is 0 Å². The van der Waals surface area contributed by atoms with E-state index in [1.165, 1.54) is 0 Å². The number of amides is 1. The van der Waals surface area contributed by atoms with Gasteiger partial charge in [-0.05, 0) is 26.3 Å². The van der Waals surface area contributed by atoms with Crippen LogP contribution in [0.4, 0.5) is 4.79 Å². The number of hydrogen-bond donors (Lipinski definition) is 2. The van der Waals surface area contributed by atoms with Gasteiger partial charge in [0.1, 0.15) is 17.2 Å². The number of benzene rings is 1. The molecule has 0 aliphatic heterocycles. The first kappa shape index (κ1) is 16.5. The van der Waals surface area contributed by atoms with Gasteiger partial charge in [-0.1, -0.05) is 35.5 Å². The molecule has 0 aliphatic carbocycles. The zero-order valence-electron chi connectivity index (χ0n) is 13.1. The predicted molar refractivity (Wildman–Crippen MR) is 81.1 cm³/mol. The number of nitrogens with zero attached hydrogens (tertiary/aromatic N) is 1. The second-order valence-electron chi connectivity index (χ2n) is 5.90. The maximum absolute atomic E-state index is 12.1. The fraction of sp³-hybridized carbons (Fsp3) is 0.312. The number of nitrogens with one attached hydrogen (secondary N) is 1. The standard InChI is InChI=1S/C16H18N2O5/c1-16(2,3)22-15(21)18-12(10-7-5-4-6-8-10)13-11(14(19)20)9-17-23-13/h4-9,12H,1-3H3,(H,18,21)(H,19,20). The Morgan fingerprint density at radius 1 is 1.26 bits per heavy atom. The van der Waals surface area contributed by atoms with E-state index in [1.54, 1.807) is 45.0 Å². The largest absolute Gasteiger partial charge is 0.478 e. The van der Waals surface area contributed by atoms with Gasteiger partial charge >= 0.3 is 12.1 Å². The molecule has 0 spiro atoms. The molecule has 2 aromatic rings. The van der Waals surface area contributed by atoms with E-state index in [1.807, 2.05) is 6.07 Å². The van der Waals surface area contributed by atoms with E-state index in [4.69, 9.17) is 9.26 Å². The Bertz CT molecular complexity index is 688. The van der Waals surface area contributed by atoms with Crippen molar-refractivity contribution in [2.45, 2.75) is 32.4 Å². The summed E-state index contributed by atoms with van der Waals surface area (Å²) in [6.45, 7) is 5.21. The summed E-state index contributed by atoms with van der Waals surface area (Å²) in [7, 11) is 0. The predicted octanol–water partition coefficient (Wildman–Crippen LogP) is 2.99. The Morgan fingerprint density at radius 2 is 1.91 bits per heavy atom. The van der Waals surface area contributed by atoms with Gasteiger partial charge in [-0.25, -0.2) is 9.59 Å². The van der Waals surface area contributed by atoms with Crippen LogP contribution in [0.2, 0.25) is 0 Å². The van der Waals surface area contributed by atoms with Crippen LogP contribution in [-0.2, 0) is 4.74 Å². The van der Waals surface area contributed by atoms with Crippen LogP contribution < -0.4 is 5.32 Å². The quantitative estimate of drug-likeness (QED) is 0.898. The summed E-state index contributed by atoms with van der Waals surface area (Å²) in [4.78, 5) is 23.4. The maximum atomic E-state index is 12.1. The van der Waals surface area contributed by atoms with E-state index in [9.17, 15) is 14.7 Å². The van der Waals surface area contributed by atoms with Gasteiger partial charge in [-0.3, -0.25) is 0 Å². The summed E-state index contributed by atoms with van der Waals surface area (Å²) in [5.41, 5.74) is -0.143. The smallest absolute Gasteiger partial charge is 0.408 e. The van der Waals surface area contributed by atoms with Crippen LogP contribution in [0.25, 0.3) is 0 Å². The number of alkyl carbamates (subject to hydrolysis) is 1. The topological polar surface area (TPSA) is 102 Å². The molecular weight excluding hydrogens is 300 g/mol. The van der Waals surface area contributed by atoms with Gasteiger partial charge in [0.05, 0.1) is 6.20 Å². The van der Waals surface area contributed by atoms with E-state index in [0.29, 0.717) is 5.56 Å². The Balaban J connectivity index is 2.35. The normalized spacial score (nSPS) is 12.5. The minimum atomic E-state index is -1.19. The number of carbonyl (C=O) groups excluding carboxylic acids is 1. The summed E-state index contributed by atoms with van der Waals surface area (Å²) in [6, 6.07) is 8.03. The lowest BCUT2D eigenvalue weighted by Gasteiger charge is -2.23. The summed E-state index contributed by atoms with van der Waals surface area (Å²) in [5, 5.41) is 15.4. The molecule has 7 heteroatoms. The third-order valence-electron chi connectivity index (χ3n) is 2.88. The molecule has 0 fully saturated rings. The van der Waals surface area contributed by atoms with E-state index in [2.05, 4.69) is 10.5 Å². The lowest BCUT2D eigenvalue weighted by molar-refractivity contribution is 0.0502. The highest BCUT2D eigenvalue weighted by atomic mass is 16.6. The molecule has 122 valence electrons. The number of aromatic nitrogens is 1. The number of carboxylic acids is 1. The molecule has 0 saturated carbocycles. The van der Waals surface area contributed by atoms with Crippen molar-refractivity contribution in [2.24, 2.45) is 0 Å². The van der Waals surface area contributed by atoms with E-state index >= 15 is 0 Å². The first-order valence-corrected chi connectivity index (χ1v) is 7.00. The molecular formula is C16H18N2O5. The maximum Gasteiger partial charge on any atom is 0.408 e. The second-order valence-corrected chi connectivity index (χ2v) is 5.90. The molecule has 2 rings (SSSR count). The summed E-state index contributed by atoms with van der Waals surface area (Å²) in [6.07, 6.45) is 0.420. The van der Waals surface area contributed by atoms with Crippen LogP contribution in [0.1, 0.15) is 48.5 Å². The van der Waals surface area contributed by atoms with Crippen molar-refractivity contribution in [1.29, 1.82) is 0 Å². The molecule has 0 bridgehead atoms. The van der Waals surface area contributed by atoms with Crippen molar-refractivity contribution in [2.75, 3.05) is 0 Å². The van der Waals surface area contributed by atoms with Crippen LogP contribution in [-0.4, -0.2) is 27.9 Å². The van der Waals surface area contributed by atoms with Gasteiger partial charge in [-0.2, -0.15) is 0 Å². The summed E-state index contributed by atoms with van der Waals surface area (Å²) in [5.74, 6) is -1.15. The number of ether oxygens (including phenoxy) is 1. The van der Waals surface area contributed by atoms with Crippen LogP contribution in [0.15, 0.2) is 41.1 Å². The van der Waals surface area contributed by atoms with Gasteiger partial charge in [0.25, 0.3) is 0 Å². The first-order chi connectivity index (χ1) is 10.8. The van der Waals surface area contributed by atoms with Crippen LogP contribution >= 0.6 is 0 Å². The highest BCUT2D eigenvalue weighted by Gasteiger charge is 2.28. The number of carbonyl (C=O) groups is 2. The van der Waals surface area contributed by atoms with Gasteiger partial charge < -0.3 is 19.7 Å². The number of rotatable bonds is 4. The van der Waals surface area contributed by atoms with Gasteiger partial charge in [0, 0.05) is 0 Å². The third kappa shape index (κ3) is 4.32. The van der Waals surface area contributed by atoms with Crippen molar-refractivity contribution in [3.8, 4) is 0 Å². The zero-order chi connectivity index (χ0) is 17.0. The summed E-state index contributed by atoms with van der Waals surface area (Å²) < 4.78 is 10.3. The molecule has 1 atom stereocenters. The minimum Gasteiger partial charge on any atom is -0.478 e. The fourth-order valence-electron chi connectivity index (χ4n) is 1.99. The third-order valence-corrected chi connectivity index (χ3v) is 2.88. The molecule has 1 heterocycles. The molecule has 7 nitrogen and oxygen atoms in total. The van der Waals surface area contributed by atoms with Crippen LogP contribution in [0.3, 0.4) is 0 Å². The van der Waals surface area contributed by atoms with Crippen LogP contribution in [0, 0.1) is 0 Å². The Morgan fingerprint density at radius 3 is 2.48 bits per heavy atom. The van der Waals surface area contributed by atoms with E-state index in [-0.39, 0.29) is 11.3 Å². The summed E-state index contributed by atoms with van der Waals surface area (Å²) >= 11 is 0. The molecule has 2 N–H and O–H groups in total. The Kier molecular flexibility index (Phi) is 4.68. The Labute approximate surface area is 133 Å². The fourth-order valence-corrected chi connectivity index (χ4v) is 1.99. The average molecular weight is 318 g/mol. The van der Waals surface area contributed by atoms with Crippen molar-refractivity contribution < 1.29 is 24.0 Å². The Hall–Kier alpha value is -2.83. The average Bonchev–Trinajstić information content (AvgIpc) is 2.93. The molecule has 0 saturated heterocycles. The first-order valence-electron chi connectivity index (χ1n) is 7.00. The highest BCUT2D eigenvalue weighted by Crippen LogP contribution is 2.25. The lowest BCUT2D eigenvalue weighted by Crippen LogP contribution is -2.35. The van der Waals surface area contributed by atoms with E-state index < -0.39 is 23.7 Å². The van der Waals surface area contributed by atoms with Crippen molar-refractivity contribution >= 4 is 12.1 Å². The SMILES string of the molecule is CC(C)(C)OC(=O)NC(c1ccccc1)c1oncc1C(=O)O. The highest BCUT2D eigenvalue weighted by molar-refractivity contribution is 5.88. The minimum absolute atomic E-state index is 0.0366. The zero-order valence-corrected chi connectivity index (χ0v) is 13.1. The van der Waals surface area contributed by atoms with Crippen molar-refractivity contribution in [1.82, 2.24) is 10.5 Å². The van der Waals surface area contributed by atoms with Gasteiger partial charge in [-0.15, -0.1) is 0 Å². The van der Waals surface area contributed by atoms with Gasteiger partial charge in [0.15, 0.2) is 5.76 Å². The number of hydrogen-bond acceptors (Lipinski definition) is 5. The molecule has 1 aromatic carbocycles. The monoisotopic (exact) mass is 318 g/mol. The number of carboxylic acid groups (broad SMARTS) is 1. The second kappa shape index (κ2) is 6.51. The lowest BCUT2D eigenvalue weighted by atomic mass is 10.0. The van der Waals surface area contributed by atoms with Crippen molar-refractivity contribution in [3.05, 3.63) is 53.4 Å². The molecule has 23 heavy (non-hydrogen) atoms. The molecule has 0 aliphatic rings. The molecule has 1 unspecified atom stereocenters. The molecule has 1 aromatic heterocycles. The van der Waals surface area contributed by atoms with Crippen LogP contribution in [0.5, 0.6) is 0 Å².